The van der Waals surface area contributed by atoms with E-state index in [-0.39, 0.29) is 5.41 Å². The van der Waals surface area contributed by atoms with Gasteiger partial charge in [0.15, 0.2) is 23.0 Å². The standard InChI is InChI=1S/C45H31NO2/c1-45(2)35-15-7-6-13-34(35)43-33(14-10-16-36(43)45)31-23-24-38-40(25-31)48-42-27-32(30-21-19-29(20-22-30)28-11-4-3-5-12-28)26-41-44(42)46(38)37-17-8-9-18-39(37)47-41/h3-27H,1-2H3. The monoisotopic (exact) mass is 617 g/mol. The lowest BCUT2D eigenvalue weighted by Gasteiger charge is -2.38. The number of ether oxygens (including phenoxy) is 2. The summed E-state index contributed by atoms with van der Waals surface area (Å²) in [6.07, 6.45) is 0. The van der Waals surface area contributed by atoms with Crippen molar-refractivity contribution in [2.45, 2.75) is 19.3 Å². The molecule has 0 saturated carbocycles. The van der Waals surface area contributed by atoms with E-state index in [9.17, 15) is 0 Å². The van der Waals surface area contributed by atoms with Crippen molar-refractivity contribution in [1.29, 1.82) is 0 Å². The highest BCUT2D eigenvalue weighted by Gasteiger charge is 2.38. The Labute approximate surface area is 280 Å². The van der Waals surface area contributed by atoms with Gasteiger partial charge in [-0.3, -0.25) is 4.90 Å². The fourth-order valence-corrected chi connectivity index (χ4v) is 7.89. The average Bonchev–Trinajstić information content (AvgIpc) is 3.37. The number of benzene rings is 7. The van der Waals surface area contributed by atoms with Crippen molar-refractivity contribution in [2.24, 2.45) is 0 Å². The number of rotatable bonds is 3. The van der Waals surface area contributed by atoms with Crippen LogP contribution in [0, 0.1) is 0 Å². The van der Waals surface area contributed by atoms with E-state index in [0.717, 1.165) is 56.8 Å². The maximum atomic E-state index is 6.86. The Morgan fingerprint density at radius 1 is 0.417 bits per heavy atom. The second kappa shape index (κ2) is 9.97. The zero-order valence-corrected chi connectivity index (χ0v) is 26.7. The number of anilines is 3. The summed E-state index contributed by atoms with van der Waals surface area (Å²) in [7, 11) is 0. The van der Waals surface area contributed by atoms with Gasteiger partial charge in [0.25, 0.3) is 0 Å². The summed E-state index contributed by atoms with van der Waals surface area (Å²) < 4.78 is 13.4. The third-order valence-corrected chi connectivity index (χ3v) is 10.3. The van der Waals surface area contributed by atoms with Gasteiger partial charge >= 0.3 is 0 Å². The highest BCUT2D eigenvalue weighted by atomic mass is 16.5. The maximum Gasteiger partial charge on any atom is 0.156 e. The fraction of sp³-hybridized carbons (Fsp3) is 0.0667. The van der Waals surface area contributed by atoms with E-state index < -0.39 is 0 Å². The van der Waals surface area contributed by atoms with Crippen molar-refractivity contribution in [1.82, 2.24) is 0 Å². The number of nitrogens with zero attached hydrogens (tertiary/aromatic N) is 1. The van der Waals surface area contributed by atoms with Gasteiger partial charge in [0.1, 0.15) is 5.69 Å². The highest BCUT2D eigenvalue weighted by molar-refractivity contribution is 5.98. The van der Waals surface area contributed by atoms with Crippen LogP contribution >= 0.6 is 0 Å². The van der Waals surface area contributed by atoms with Gasteiger partial charge in [0.05, 0.1) is 11.4 Å². The van der Waals surface area contributed by atoms with Crippen LogP contribution < -0.4 is 14.4 Å². The normalized spacial score (nSPS) is 14.1. The van der Waals surface area contributed by atoms with E-state index in [0.29, 0.717) is 0 Å². The lowest BCUT2D eigenvalue weighted by atomic mass is 9.82. The Bertz CT molecular complexity index is 2420. The zero-order valence-electron chi connectivity index (χ0n) is 26.7. The molecule has 7 aromatic rings. The molecule has 3 nitrogen and oxygen atoms in total. The average molecular weight is 618 g/mol. The first-order chi connectivity index (χ1) is 23.5. The first-order valence-corrected chi connectivity index (χ1v) is 16.5. The number of hydrogen-bond donors (Lipinski definition) is 0. The molecule has 0 saturated heterocycles. The van der Waals surface area contributed by atoms with Crippen LogP contribution in [0.2, 0.25) is 0 Å². The molecular formula is C45H31NO2. The number of hydrogen-bond acceptors (Lipinski definition) is 3. The molecule has 3 aliphatic rings. The van der Waals surface area contributed by atoms with Crippen LogP contribution in [0.1, 0.15) is 25.0 Å². The van der Waals surface area contributed by atoms with E-state index in [4.69, 9.17) is 9.47 Å². The predicted molar refractivity (Wildman–Crippen MR) is 195 cm³/mol. The molecule has 0 N–H and O–H groups in total. The number of para-hydroxylation sites is 2. The van der Waals surface area contributed by atoms with Gasteiger partial charge < -0.3 is 9.47 Å². The van der Waals surface area contributed by atoms with E-state index in [1.165, 1.54) is 38.9 Å². The summed E-state index contributed by atoms with van der Waals surface area (Å²) in [5, 5.41) is 0. The molecule has 0 fully saturated rings. The minimum atomic E-state index is -0.0603. The Kier molecular flexibility index (Phi) is 5.63. The molecule has 7 aromatic carbocycles. The van der Waals surface area contributed by atoms with E-state index in [1.54, 1.807) is 0 Å². The third kappa shape index (κ3) is 3.88. The highest BCUT2D eigenvalue weighted by Crippen LogP contribution is 2.61. The van der Waals surface area contributed by atoms with Crippen LogP contribution in [0.25, 0.3) is 44.5 Å². The predicted octanol–water partition coefficient (Wildman–Crippen LogP) is 12.7. The summed E-state index contributed by atoms with van der Waals surface area (Å²) >= 11 is 0. The molecule has 0 amide bonds. The van der Waals surface area contributed by atoms with Crippen molar-refractivity contribution in [3.05, 3.63) is 163 Å². The van der Waals surface area contributed by atoms with Crippen LogP contribution in [0.15, 0.2) is 152 Å². The molecule has 228 valence electrons. The van der Waals surface area contributed by atoms with Crippen molar-refractivity contribution >= 4 is 17.1 Å². The van der Waals surface area contributed by atoms with Gasteiger partial charge in [0, 0.05) is 5.41 Å². The quantitative estimate of drug-likeness (QED) is 0.197. The molecule has 0 unspecified atom stereocenters. The summed E-state index contributed by atoms with van der Waals surface area (Å²) in [5.41, 5.74) is 15.1. The fourth-order valence-electron chi connectivity index (χ4n) is 7.89. The molecule has 3 heteroatoms. The van der Waals surface area contributed by atoms with Crippen LogP contribution in [-0.2, 0) is 5.41 Å². The minimum absolute atomic E-state index is 0.0603. The van der Waals surface area contributed by atoms with Gasteiger partial charge in [-0.2, -0.15) is 0 Å². The lowest BCUT2D eigenvalue weighted by Crippen LogP contribution is -2.20. The van der Waals surface area contributed by atoms with Gasteiger partial charge in [-0.25, -0.2) is 0 Å². The van der Waals surface area contributed by atoms with Gasteiger partial charge in [-0.1, -0.05) is 129 Å². The first kappa shape index (κ1) is 27.1. The first-order valence-electron chi connectivity index (χ1n) is 16.5. The Balaban J connectivity index is 1.12. The molecule has 0 radical (unpaired) electrons. The third-order valence-electron chi connectivity index (χ3n) is 10.3. The molecule has 0 spiro atoms. The van der Waals surface area contributed by atoms with E-state index in [1.807, 2.05) is 18.2 Å². The van der Waals surface area contributed by atoms with E-state index >= 15 is 0 Å². The Morgan fingerprint density at radius 2 is 0.979 bits per heavy atom. The lowest BCUT2D eigenvalue weighted by molar-refractivity contribution is 0.446. The summed E-state index contributed by atoms with van der Waals surface area (Å²) in [6, 6.07) is 53.9. The second-order valence-electron chi connectivity index (χ2n) is 13.4. The molecule has 10 rings (SSSR count). The van der Waals surface area contributed by atoms with Crippen molar-refractivity contribution < 1.29 is 9.47 Å². The van der Waals surface area contributed by atoms with Crippen molar-refractivity contribution in [3.8, 4) is 67.5 Å². The molecule has 0 atom stereocenters. The molecular weight excluding hydrogens is 587 g/mol. The zero-order chi connectivity index (χ0) is 32.0. The summed E-state index contributed by atoms with van der Waals surface area (Å²) in [4.78, 5) is 2.29. The van der Waals surface area contributed by atoms with Crippen LogP contribution in [-0.4, -0.2) is 0 Å². The molecule has 2 aliphatic heterocycles. The van der Waals surface area contributed by atoms with E-state index in [2.05, 4.69) is 152 Å². The smallest absolute Gasteiger partial charge is 0.156 e. The Morgan fingerprint density at radius 3 is 1.79 bits per heavy atom. The number of fused-ring (bicyclic) bond motifs is 7. The van der Waals surface area contributed by atoms with Crippen LogP contribution in [0.3, 0.4) is 0 Å². The second-order valence-corrected chi connectivity index (χ2v) is 13.4. The van der Waals surface area contributed by atoms with Crippen molar-refractivity contribution in [3.63, 3.8) is 0 Å². The van der Waals surface area contributed by atoms with Gasteiger partial charge in [-0.05, 0) is 92.0 Å². The summed E-state index contributed by atoms with van der Waals surface area (Å²) in [5.74, 6) is 3.20. The van der Waals surface area contributed by atoms with Crippen LogP contribution in [0.5, 0.6) is 23.0 Å². The van der Waals surface area contributed by atoms with Crippen molar-refractivity contribution in [2.75, 3.05) is 4.90 Å². The maximum absolute atomic E-state index is 6.86. The molecule has 48 heavy (non-hydrogen) atoms. The molecule has 0 bridgehead atoms. The topological polar surface area (TPSA) is 21.7 Å². The largest absolute Gasteiger partial charge is 0.453 e. The van der Waals surface area contributed by atoms with Crippen LogP contribution in [0.4, 0.5) is 17.1 Å². The Hall–Kier alpha value is -6.06. The molecule has 2 heterocycles. The molecule has 1 aliphatic carbocycles. The molecule has 0 aromatic heterocycles. The van der Waals surface area contributed by atoms with Gasteiger partial charge in [0.2, 0.25) is 0 Å². The summed E-state index contributed by atoms with van der Waals surface area (Å²) in [6.45, 7) is 4.66. The SMILES string of the molecule is CC1(C)c2ccccc2-c2c(-c3ccc4c(c3)Oc3cc(-c5ccc(-c6ccccc6)cc5)cc5c3N4c3ccccc3O5)cccc21. The van der Waals surface area contributed by atoms with Gasteiger partial charge in [-0.15, -0.1) is 0 Å². The minimum Gasteiger partial charge on any atom is -0.453 e.